The molecule has 0 saturated heterocycles. The highest BCUT2D eigenvalue weighted by molar-refractivity contribution is 5.94. The van der Waals surface area contributed by atoms with Crippen molar-refractivity contribution in [1.29, 1.82) is 0 Å². The highest BCUT2D eigenvalue weighted by atomic mass is 16.5. The van der Waals surface area contributed by atoms with E-state index in [1.165, 1.54) is 18.2 Å². The van der Waals surface area contributed by atoms with Crippen LogP contribution < -0.4 is 9.47 Å². The summed E-state index contributed by atoms with van der Waals surface area (Å²) in [6.07, 6.45) is 2.26. The summed E-state index contributed by atoms with van der Waals surface area (Å²) < 4.78 is 11.3. The van der Waals surface area contributed by atoms with Crippen molar-refractivity contribution in [3.05, 3.63) is 108 Å². The summed E-state index contributed by atoms with van der Waals surface area (Å²) in [5.41, 5.74) is 3.69. The van der Waals surface area contributed by atoms with Crippen LogP contribution in [0.25, 0.3) is 11.1 Å². The van der Waals surface area contributed by atoms with Crippen LogP contribution in [0.5, 0.6) is 11.5 Å². The van der Waals surface area contributed by atoms with Gasteiger partial charge in [-0.05, 0) is 85.0 Å². The molecule has 0 spiro atoms. The van der Waals surface area contributed by atoms with E-state index in [2.05, 4.69) is 22.4 Å². The van der Waals surface area contributed by atoms with Crippen molar-refractivity contribution in [2.45, 2.75) is 19.3 Å². The molecule has 39 heavy (non-hydrogen) atoms. The Hall–Kier alpha value is -4.98. The van der Waals surface area contributed by atoms with Crippen molar-refractivity contribution >= 4 is 23.3 Å². The summed E-state index contributed by atoms with van der Waals surface area (Å²) in [7, 11) is 0. The van der Waals surface area contributed by atoms with E-state index in [-0.39, 0.29) is 23.5 Å². The Balaban J connectivity index is 1.17. The second kappa shape index (κ2) is 13.5. The summed E-state index contributed by atoms with van der Waals surface area (Å²) >= 11 is 0. The lowest BCUT2D eigenvalue weighted by Crippen LogP contribution is -2.07. The van der Waals surface area contributed by atoms with Gasteiger partial charge >= 0.3 is 11.9 Å². The van der Waals surface area contributed by atoms with Gasteiger partial charge in [0.05, 0.1) is 30.2 Å². The highest BCUT2D eigenvalue weighted by Gasteiger charge is 2.14. The number of rotatable bonds is 13. The normalized spacial score (nSPS) is 10.9. The molecular formula is C31H28N2O6. The van der Waals surface area contributed by atoms with Gasteiger partial charge in [-0.25, -0.2) is 9.59 Å². The third-order valence-corrected chi connectivity index (χ3v) is 5.87. The van der Waals surface area contributed by atoms with Gasteiger partial charge in [-0.15, -0.1) is 0 Å². The summed E-state index contributed by atoms with van der Waals surface area (Å²) in [4.78, 5) is 22.5. The van der Waals surface area contributed by atoms with E-state index >= 15 is 0 Å². The monoisotopic (exact) mass is 524 g/mol. The largest absolute Gasteiger partial charge is 0.494 e. The second-order valence-corrected chi connectivity index (χ2v) is 8.69. The number of carbonyl (C=O) groups is 2. The van der Waals surface area contributed by atoms with Crippen molar-refractivity contribution in [1.82, 2.24) is 0 Å². The molecule has 0 aromatic heterocycles. The van der Waals surface area contributed by atoms with Gasteiger partial charge in [0.2, 0.25) is 0 Å². The van der Waals surface area contributed by atoms with E-state index in [1.807, 2.05) is 66.7 Å². The second-order valence-electron chi connectivity index (χ2n) is 8.69. The van der Waals surface area contributed by atoms with Gasteiger partial charge in [0.1, 0.15) is 17.1 Å². The molecule has 0 fully saturated rings. The van der Waals surface area contributed by atoms with Crippen molar-refractivity contribution in [2.75, 3.05) is 13.2 Å². The molecule has 0 aliphatic rings. The first-order chi connectivity index (χ1) is 19.0. The van der Waals surface area contributed by atoms with Crippen LogP contribution in [0.3, 0.4) is 0 Å². The minimum absolute atomic E-state index is 0.0200. The van der Waals surface area contributed by atoms with E-state index in [9.17, 15) is 14.7 Å². The van der Waals surface area contributed by atoms with Gasteiger partial charge in [-0.1, -0.05) is 42.5 Å². The minimum atomic E-state index is -1.17. The molecule has 2 N–H and O–H groups in total. The molecule has 0 bridgehead atoms. The molecule has 4 aromatic carbocycles. The van der Waals surface area contributed by atoms with E-state index < -0.39 is 11.9 Å². The summed E-state index contributed by atoms with van der Waals surface area (Å²) in [5.74, 6) is -1.52. The number of nitrogens with zero attached hydrogens (tertiary/aromatic N) is 2. The fraction of sp³-hybridized carbons (Fsp3) is 0.161. The standard InChI is InChI=1S/C31H28N2O6/c34-30(35)24-11-18-28(31(36)37)29(21-24)39-20-6-2-5-19-38-27-16-14-26(15-17-27)33-32-25-12-9-23(10-13-25)22-7-3-1-4-8-22/h1,3-4,7-18,21H,2,5-6,19-20H2,(H,34,35)(H,36,37). The van der Waals surface area contributed by atoms with Crippen molar-refractivity contribution in [3.63, 3.8) is 0 Å². The first kappa shape index (κ1) is 27.1. The number of ether oxygens (including phenoxy) is 2. The maximum absolute atomic E-state index is 11.3. The molecule has 0 radical (unpaired) electrons. The van der Waals surface area contributed by atoms with Crippen LogP contribution in [0.15, 0.2) is 107 Å². The molecule has 0 atom stereocenters. The quantitative estimate of drug-likeness (QED) is 0.136. The van der Waals surface area contributed by atoms with E-state index in [0.29, 0.717) is 13.0 Å². The summed E-state index contributed by atoms with van der Waals surface area (Å²) in [6, 6.07) is 29.2. The molecule has 0 heterocycles. The van der Waals surface area contributed by atoms with Gasteiger partial charge in [0, 0.05) is 0 Å². The van der Waals surface area contributed by atoms with Crippen LogP contribution in [0, 0.1) is 0 Å². The lowest BCUT2D eigenvalue weighted by Gasteiger charge is -2.10. The summed E-state index contributed by atoms with van der Waals surface area (Å²) in [5, 5.41) is 27.0. The molecule has 8 nitrogen and oxygen atoms in total. The van der Waals surface area contributed by atoms with E-state index in [1.54, 1.807) is 0 Å². The molecule has 0 amide bonds. The zero-order valence-corrected chi connectivity index (χ0v) is 21.2. The van der Waals surface area contributed by atoms with Crippen LogP contribution in [0.4, 0.5) is 11.4 Å². The third kappa shape index (κ3) is 8.00. The molecule has 0 saturated carbocycles. The Morgan fingerprint density at radius 2 is 1.21 bits per heavy atom. The Kier molecular flexibility index (Phi) is 9.39. The van der Waals surface area contributed by atoms with Crippen LogP contribution in [-0.4, -0.2) is 35.4 Å². The predicted molar refractivity (Wildman–Crippen MR) is 148 cm³/mol. The first-order valence-corrected chi connectivity index (χ1v) is 12.5. The maximum Gasteiger partial charge on any atom is 0.339 e. The molecular weight excluding hydrogens is 496 g/mol. The minimum Gasteiger partial charge on any atom is -0.494 e. The Bertz CT molecular complexity index is 1420. The lowest BCUT2D eigenvalue weighted by molar-refractivity contribution is 0.0677. The van der Waals surface area contributed by atoms with Gasteiger partial charge in [-0.2, -0.15) is 10.2 Å². The van der Waals surface area contributed by atoms with Gasteiger partial charge in [-0.3, -0.25) is 0 Å². The molecule has 4 aromatic rings. The number of carboxylic acid groups (broad SMARTS) is 2. The molecule has 8 heteroatoms. The summed E-state index contributed by atoms with van der Waals surface area (Å²) in [6.45, 7) is 0.793. The fourth-order valence-electron chi connectivity index (χ4n) is 3.78. The number of hydrogen-bond donors (Lipinski definition) is 2. The van der Waals surface area contributed by atoms with Crippen LogP contribution in [0.1, 0.15) is 40.0 Å². The van der Waals surface area contributed by atoms with Crippen molar-refractivity contribution < 1.29 is 29.3 Å². The zero-order chi connectivity index (χ0) is 27.5. The van der Waals surface area contributed by atoms with E-state index in [0.717, 1.165) is 41.1 Å². The Morgan fingerprint density at radius 1 is 0.615 bits per heavy atom. The molecule has 0 unspecified atom stereocenters. The van der Waals surface area contributed by atoms with Crippen LogP contribution in [-0.2, 0) is 0 Å². The van der Waals surface area contributed by atoms with Crippen molar-refractivity contribution in [2.24, 2.45) is 10.2 Å². The lowest BCUT2D eigenvalue weighted by atomic mass is 10.1. The van der Waals surface area contributed by atoms with Crippen LogP contribution in [0.2, 0.25) is 0 Å². The van der Waals surface area contributed by atoms with Crippen molar-refractivity contribution in [3.8, 4) is 22.6 Å². The average molecular weight is 525 g/mol. The third-order valence-electron chi connectivity index (χ3n) is 5.87. The zero-order valence-electron chi connectivity index (χ0n) is 21.2. The average Bonchev–Trinajstić information content (AvgIpc) is 2.96. The maximum atomic E-state index is 11.3. The highest BCUT2D eigenvalue weighted by Crippen LogP contribution is 2.25. The molecule has 0 aliphatic carbocycles. The van der Waals surface area contributed by atoms with Crippen LogP contribution >= 0.6 is 0 Å². The Morgan fingerprint density at radius 3 is 1.82 bits per heavy atom. The van der Waals surface area contributed by atoms with Gasteiger partial charge in [0.25, 0.3) is 0 Å². The first-order valence-electron chi connectivity index (χ1n) is 12.5. The molecule has 0 aliphatic heterocycles. The molecule has 4 rings (SSSR count). The number of unbranched alkanes of at least 4 members (excludes halogenated alkanes) is 2. The Labute approximate surface area is 226 Å². The number of carboxylic acids is 2. The topological polar surface area (TPSA) is 118 Å². The fourth-order valence-corrected chi connectivity index (χ4v) is 3.78. The van der Waals surface area contributed by atoms with E-state index in [4.69, 9.17) is 14.6 Å². The van der Waals surface area contributed by atoms with Gasteiger partial charge < -0.3 is 19.7 Å². The van der Waals surface area contributed by atoms with Gasteiger partial charge in [0.15, 0.2) is 0 Å². The number of aromatic carboxylic acids is 2. The SMILES string of the molecule is O=C(O)c1ccc(C(=O)O)c(OCCCCCOc2ccc(N=Nc3ccc(-c4ccccc4)cc3)cc2)c1. The predicted octanol–water partition coefficient (Wildman–Crippen LogP) is 7.79. The molecule has 198 valence electrons. The number of benzene rings is 4. The smallest absolute Gasteiger partial charge is 0.339 e. The number of hydrogen-bond acceptors (Lipinski definition) is 6. The number of azo groups is 1.